The summed E-state index contributed by atoms with van der Waals surface area (Å²) in [6.07, 6.45) is 10.2. The molecular formula is C31H29N7O. The van der Waals surface area contributed by atoms with E-state index in [9.17, 15) is 4.79 Å². The zero-order valence-electron chi connectivity index (χ0n) is 21.6. The highest BCUT2D eigenvalue weighted by molar-refractivity contribution is 5.91. The highest BCUT2D eigenvalue weighted by atomic mass is 16.1. The summed E-state index contributed by atoms with van der Waals surface area (Å²) in [5, 5.41) is 2.99. The number of fused-ring (bicyclic) bond motifs is 1. The van der Waals surface area contributed by atoms with E-state index in [0.29, 0.717) is 12.8 Å². The largest absolute Gasteiger partial charge is 0.368 e. The standard InChI is InChI=1S/C31H29N7O/c39-31(8-1-23-9-13-32-14-10-23)35-26-5-2-24(3-6-26)25-4-7-28-29(21-25)36-30(22-34-28)38-19-17-37(18-20-38)27-11-15-33-16-12-27/h2-7,9-16,21-22H,1,8,17-20H2,(H,35,39). The van der Waals surface area contributed by atoms with E-state index >= 15 is 0 Å². The van der Waals surface area contributed by atoms with E-state index in [2.05, 4.69) is 54.3 Å². The number of piperazine rings is 1. The molecule has 194 valence electrons. The summed E-state index contributed by atoms with van der Waals surface area (Å²) in [6, 6.07) is 22.1. The third-order valence-electron chi connectivity index (χ3n) is 7.05. The van der Waals surface area contributed by atoms with Gasteiger partial charge >= 0.3 is 0 Å². The molecule has 6 rings (SSSR count). The van der Waals surface area contributed by atoms with Crippen LogP contribution >= 0.6 is 0 Å². The molecule has 8 nitrogen and oxygen atoms in total. The van der Waals surface area contributed by atoms with E-state index < -0.39 is 0 Å². The lowest BCUT2D eigenvalue weighted by Gasteiger charge is -2.36. The zero-order valence-corrected chi connectivity index (χ0v) is 21.6. The lowest BCUT2D eigenvalue weighted by Crippen LogP contribution is -2.46. The van der Waals surface area contributed by atoms with Gasteiger partial charge in [0.25, 0.3) is 0 Å². The van der Waals surface area contributed by atoms with Crippen LogP contribution in [0.15, 0.2) is 97.7 Å². The van der Waals surface area contributed by atoms with Gasteiger partial charge in [-0.1, -0.05) is 18.2 Å². The molecule has 1 amide bonds. The van der Waals surface area contributed by atoms with Gasteiger partial charge in [-0.2, -0.15) is 0 Å². The molecule has 5 aromatic rings. The van der Waals surface area contributed by atoms with E-state index in [0.717, 1.165) is 65.4 Å². The number of carbonyl (C=O) groups excluding carboxylic acids is 1. The van der Waals surface area contributed by atoms with Crippen LogP contribution in [0.3, 0.4) is 0 Å². The molecule has 1 fully saturated rings. The number of aryl methyl sites for hydroxylation is 1. The number of hydrogen-bond donors (Lipinski definition) is 1. The summed E-state index contributed by atoms with van der Waals surface area (Å²) in [5.41, 5.74) is 6.95. The molecule has 1 aliphatic rings. The van der Waals surface area contributed by atoms with Gasteiger partial charge in [0, 0.05) is 68.8 Å². The molecule has 1 aliphatic heterocycles. The summed E-state index contributed by atoms with van der Waals surface area (Å²) in [4.78, 5) is 34.8. The molecule has 0 atom stereocenters. The van der Waals surface area contributed by atoms with Gasteiger partial charge in [0.15, 0.2) is 0 Å². The first-order chi connectivity index (χ1) is 19.2. The van der Waals surface area contributed by atoms with E-state index in [1.54, 1.807) is 12.4 Å². The van der Waals surface area contributed by atoms with Crippen LogP contribution in [0.1, 0.15) is 12.0 Å². The lowest BCUT2D eigenvalue weighted by atomic mass is 10.0. The predicted molar refractivity (Wildman–Crippen MR) is 155 cm³/mol. The molecule has 0 saturated carbocycles. The van der Waals surface area contributed by atoms with Gasteiger partial charge in [-0.25, -0.2) is 4.98 Å². The Hall–Kier alpha value is -4.85. The minimum Gasteiger partial charge on any atom is -0.368 e. The van der Waals surface area contributed by atoms with Crippen molar-refractivity contribution >= 4 is 34.1 Å². The van der Waals surface area contributed by atoms with Crippen molar-refractivity contribution in [2.24, 2.45) is 0 Å². The second-order valence-electron chi connectivity index (χ2n) is 9.59. The predicted octanol–water partition coefficient (Wildman–Crippen LogP) is 4.98. The van der Waals surface area contributed by atoms with Crippen LogP contribution in [0.5, 0.6) is 0 Å². The fourth-order valence-corrected chi connectivity index (χ4v) is 4.86. The van der Waals surface area contributed by atoms with Crippen molar-refractivity contribution in [2.45, 2.75) is 12.8 Å². The topological polar surface area (TPSA) is 87.1 Å². The third-order valence-corrected chi connectivity index (χ3v) is 7.05. The normalized spacial score (nSPS) is 13.4. The van der Waals surface area contributed by atoms with Gasteiger partial charge in [0.05, 0.1) is 17.2 Å². The molecule has 0 spiro atoms. The second-order valence-corrected chi connectivity index (χ2v) is 9.59. The van der Waals surface area contributed by atoms with Crippen LogP contribution < -0.4 is 15.1 Å². The van der Waals surface area contributed by atoms with Crippen molar-refractivity contribution in [3.63, 3.8) is 0 Å². The molecule has 8 heteroatoms. The highest BCUT2D eigenvalue weighted by Gasteiger charge is 2.19. The maximum atomic E-state index is 12.4. The van der Waals surface area contributed by atoms with Gasteiger partial charge in [-0.3, -0.25) is 19.7 Å². The van der Waals surface area contributed by atoms with Gasteiger partial charge in [0.2, 0.25) is 5.91 Å². The van der Waals surface area contributed by atoms with Crippen LogP contribution in [0.2, 0.25) is 0 Å². The van der Waals surface area contributed by atoms with E-state index in [-0.39, 0.29) is 5.91 Å². The molecule has 0 radical (unpaired) electrons. The molecule has 1 N–H and O–H groups in total. The van der Waals surface area contributed by atoms with Crippen molar-refractivity contribution in [3.05, 3.63) is 103 Å². The Bertz CT molecular complexity index is 1550. The maximum Gasteiger partial charge on any atom is 0.224 e. The van der Waals surface area contributed by atoms with Crippen LogP contribution in [-0.2, 0) is 11.2 Å². The minimum atomic E-state index is -0.00492. The molecule has 3 aromatic heterocycles. The number of hydrogen-bond acceptors (Lipinski definition) is 7. The Balaban J connectivity index is 1.10. The van der Waals surface area contributed by atoms with Crippen molar-refractivity contribution in [3.8, 4) is 11.1 Å². The third kappa shape index (κ3) is 5.85. The SMILES string of the molecule is O=C(CCc1ccncc1)Nc1ccc(-c2ccc3ncc(N4CCN(c5ccncc5)CC4)nc3c2)cc1. The van der Waals surface area contributed by atoms with E-state index in [4.69, 9.17) is 4.98 Å². The molecule has 2 aromatic carbocycles. The Morgan fingerprint density at radius 1 is 0.744 bits per heavy atom. The number of nitrogens with one attached hydrogen (secondary N) is 1. The van der Waals surface area contributed by atoms with Gasteiger partial charge in [-0.15, -0.1) is 0 Å². The molecule has 0 bridgehead atoms. The van der Waals surface area contributed by atoms with Crippen LogP contribution in [0.25, 0.3) is 22.2 Å². The number of nitrogens with zero attached hydrogens (tertiary/aromatic N) is 6. The summed E-state index contributed by atoms with van der Waals surface area (Å²) in [6.45, 7) is 3.63. The summed E-state index contributed by atoms with van der Waals surface area (Å²) < 4.78 is 0. The Morgan fingerprint density at radius 2 is 1.41 bits per heavy atom. The van der Waals surface area contributed by atoms with Crippen LogP contribution in [0, 0.1) is 0 Å². The number of amides is 1. The van der Waals surface area contributed by atoms with Crippen molar-refractivity contribution in [1.82, 2.24) is 19.9 Å². The first-order valence-corrected chi connectivity index (χ1v) is 13.2. The average Bonchev–Trinajstić information content (AvgIpc) is 3.01. The second kappa shape index (κ2) is 11.3. The molecule has 0 unspecified atom stereocenters. The summed E-state index contributed by atoms with van der Waals surface area (Å²) in [5.74, 6) is 0.897. The van der Waals surface area contributed by atoms with Crippen molar-refractivity contribution in [2.75, 3.05) is 41.3 Å². The van der Waals surface area contributed by atoms with Crippen LogP contribution in [-0.4, -0.2) is 52.0 Å². The molecule has 39 heavy (non-hydrogen) atoms. The number of aromatic nitrogens is 4. The number of carbonyl (C=O) groups is 1. The van der Waals surface area contributed by atoms with Crippen molar-refractivity contribution in [1.29, 1.82) is 0 Å². The Morgan fingerprint density at radius 3 is 2.15 bits per heavy atom. The van der Waals surface area contributed by atoms with Crippen molar-refractivity contribution < 1.29 is 4.79 Å². The average molecular weight is 516 g/mol. The summed E-state index contributed by atoms with van der Waals surface area (Å²) in [7, 11) is 0. The molecular weight excluding hydrogens is 486 g/mol. The summed E-state index contributed by atoms with van der Waals surface area (Å²) >= 11 is 0. The number of anilines is 3. The number of pyridine rings is 2. The Labute approximate surface area is 227 Å². The fraction of sp³-hybridized carbons (Fsp3) is 0.194. The first kappa shape index (κ1) is 24.5. The van der Waals surface area contributed by atoms with E-state index in [1.165, 1.54) is 5.69 Å². The fourth-order valence-electron chi connectivity index (χ4n) is 4.86. The zero-order chi connectivity index (χ0) is 26.4. The van der Waals surface area contributed by atoms with Gasteiger partial charge in [-0.05, 0) is 71.6 Å². The highest BCUT2D eigenvalue weighted by Crippen LogP contribution is 2.26. The minimum absolute atomic E-state index is 0.00492. The number of benzene rings is 2. The van der Waals surface area contributed by atoms with Gasteiger partial charge in [0.1, 0.15) is 5.82 Å². The first-order valence-electron chi connectivity index (χ1n) is 13.2. The quantitative estimate of drug-likeness (QED) is 0.327. The maximum absolute atomic E-state index is 12.4. The van der Waals surface area contributed by atoms with E-state index in [1.807, 2.05) is 61.1 Å². The molecule has 0 aliphatic carbocycles. The Kier molecular flexibility index (Phi) is 7.07. The number of rotatable bonds is 7. The lowest BCUT2D eigenvalue weighted by molar-refractivity contribution is -0.116. The monoisotopic (exact) mass is 515 g/mol. The smallest absolute Gasteiger partial charge is 0.224 e. The molecule has 1 saturated heterocycles. The molecule has 4 heterocycles. The van der Waals surface area contributed by atoms with Crippen LogP contribution in [0.4, 0.5) is 17.2 Å². The van der Waals surface area contributed by atoms with Gasteiger partial charge < -0.3 is 15.1 Å².